The van der Waals surface area contributed by atoms with Crippen LogP contribution in [0.3, 0.4) is 0 Å². The van der Waals surface area contributed by atoms with E-state index in [4.69, 9.17) is 18.0 Å². The lowest BCUT2D eigenvalue weighted by atomic mass is 9.96. The largest absolute Gasteiger partial charge is 0.369 e. The number of aliphatic imine (C=N–C) groups is 1. The van der Waals surface area contributed by atoms with Gasteiger partial charge in [-0.3, -0.25) is 0 Å². The second-order valence-electron chi connectivity index (χ2n) is 5.67. The van der Waals surface area contributed by atoms with Crippen LogP contribution in [0.15, 0.2) is 23.2 Å². The molecule has 0 radical (unpaired) electrons. The van der Waals surface area contributed by atoms with E-state index in [9.17, 15) is 0 Å². The van der Waals surface area contributed by atoms with Crippen LogP contribution in [0.4, 0.5) is 5.69 Å². The molecule has 1 fully saturated rings. The van der Waals surface area contributed by atoms with Crippen LogP contribution >= 0.6 is 12.2 Å². The van der Waals surface area contributed by atoms with Gasteiger partial charge in [-0.2, -0.15) is 4.99 Å². The van der Waals surface area contributed by atoms with E-state index in [1.54, 1.807) is 0 Å². The van der Waals surface area contributed by atoms with Gasteiger partial charge in [-0.05, 0) is 50.0 Å². The van der Waals surface area contributed by atoms with Gasteiger partial charge in [0.15, 0.2) is 5.11 Å². The van der Waals surface area contributed by atoms with Crippen molar-refractivity contribution in [3.63, 3.8) is 0 Å². The first-order valence-electron chi connectivity index (χ1n) is 7.54. The van der Waals surface area contributed by atoms with Gasteiger partial charge in [-0.15, -0.1) is 0 Å². The van der Waals surface area contributed by atoms with Crippen LogP contribution < -0.4 is 16.4 Å². The van der Waals surface area contributed by atoms with Gasteiger partial charge < -0.3 is 16.4 Å². The second-order valence-corrected chi connectivity index (χ2v) is 6.06. The zero-order valence-electron chi connectivity index (χ0n) is 12.8. The Morgan fingerprint density at radius 3 is 2.43 bits per heavy atom. The molecule has 1 aromatic rings. The van der Waals surface area contributed by atoms with Crippen LogP contribution in [0.2, 0.25) is 0 Å². The molecule has 0 aliphatic heterocycles. The van der Waals surface area contributed by atoms with Crippen LogP contribution in [-0.4, -0.2) is 17.1 Å². The van der Waals surface area contributed by atoms with Gasteiger partial charge in [0, 0.05) is 11.7 Å². The minimum absolute atomic E-state index is 0.334. The zero-order valence-corrected chi connectivity index (χ0v) is 13.6. The molecule has 114 valence electrons. The smallest absolute Gasteiger partial charge is 0.200 e. The number of hydrogen-bond acceptors (Lipinski definition) is 1. The quantitative estimate of drug-likeness (QED) is 0.446. The fraction of sp³-hybridized carbons (Fsp3) is 0.500. The SMILES string of the molecule is Cc1cccc(C)c1NC(N)=NC(=S)NC1CCCCC1. The van der Waals surface area contributed by atoms with Gasteiger partial charge in [0.2, 0.25) is 5.96 Å². The van der Waals surface area contributed by atoms with Gasteiger partial charge in [0.05, 0.1) is 0 Å². The van der Waals surface area contributed by atoms with Gasteiger partial charge in [0.25, 0.3) is 0 Å². The number of thiocarbonyl (C=S) groups is 1. The molecule has 2 rings (SSSR count). The molecule has 0 unspecified atom stereocenters. The molecule has 1 aliphatic rings. The summed E-state index contributed by atoms with van der Waals surface area (Å²) in [5.74, 6) is 0.334. The number of anilines is 1. The average molecular weight is 304 g/mol. The number of guanidine groups is 1. The molecule has 0 aromatic heterocycles. The van der Waals surface area contributed by atoms with E-state index in [2.05, 4.69) is 15.6 Å². The maximum atomic E-state index is 5.96. The average Bonchev–Trinajstić information content (AvgIpc) is 2.44. The summed E-state index contributed by atoms with van der Waals surface area (Å²) in [6, 6.07) is 6.56. The Morgan fingerprint density at radius 2 is 1.81 bits per heavy atom. The van der Waals surface area contributed by atoms with Crippen LogP contribution in [0.5, 0.6) is 0 Å². The van der Waals surface area contributed by atoms with Crippen molar-refractivity contribution in [2.75, 3.05) is 5.32 Å². The molecule has 4 N–H and O–H groups in total. The predicted molar refractivity (Wildman–Crippen MR) is 93.8 cm³/mol. The molecule has 0 spiro atoms. The molecule has 0 amide bonds. The van der Waals surface area contributed by atoms with Gasteiger partial charge in [-0.1, -0.05) is 37.5 Å². The maximum Gasteiger partial charge on any atom is 0.200 e. The fourth-order valence-corrected chi connectivity index (χ4v) is 3.00. The normalized spacial score (nSPS) is 16.6. The third-order valence-corrected chi connectivity index (χ3v) is 4.10. The first kappa shape index (κ1) is 15.8. The first-order chi connectivity index (χ1) is 10.1. The van der Waals surface area contributed by atoms with Crippen molar-refractivity contribution in [2.45, 2.75) is 52.0 Å². The van der Waals surface area contributed by atoms with E-state index in [-0.39, 0.29) is 0 Å². The number of hydrogen-bond donors (Lipinski definition) is 3. The Labute approximate surface area is 132 Å². The Hall–Kier alpha value is -1.62. The number of rotatable bonds is 2. The summed E-state index contributed by atoms with van der Waals surface area (Å²) in [7, 11) is 0. The summed E-state index contributed by atoms with van der Waals surface area (Å²) in [6.45, 7) is 4.09. The van der Waals surface area contributed by atoms with Crippen LogP contribution in [0.25, 0.3) is 0 Å². The highest BCUT2D eigenvalue weighted by Gasteiger charge is 2.13. The Bertz CT molecular complexity index is 513. The third kappa shape index (κ3) is 4.70. The molecule has 4 nitrogen and oxygen atoms in total. The van der Waals surface area contributed by atoms with Crippen LogP contribution in [-0.2, 0) is 0 Å². The van der Waals surface area contributed by atoms with E-state index >= 15 is 0 Å². The molecule has 1 saturated carbocycles. The standard InChI is InChI=1S/C16H24N4S/c1-11-7-6-8-12(2)14(11)19-15(17)20-16(21)18-13-9-4-3-5-10-13/h6-8,13H,3-5,9-10H2,1-2H3,(H4,17,18,19,20,21). The summed E-state index contributed by atoms with van der Waals surface area (Å²) in [4.78, 5) is 4.25. The Morgan fingerprint density at radius 1 is 1.19 bits per heavy atom. The summed E-state index contributed by atoms with van der Waals surface area (Å²) in [6.07, 6.45) is 6.19. The molecule has 5 heteroatoms. The van der Waals surface area contributed by atoms with Crippen molar-refractivity contribution in [1.82, 2.24) is 5.32 Å². The maximum absolute atomic E-state index is 5.96. The second kappa shape index (κ2) is 7.41. The van der Waals surface area contributed by atoms with Crippen molar-refractivity contribution < 1.29 is 0 Å². The molecule has 1 aliphatic carbocycles. The van der Waals surface area contributed by atoms with E-state index in [1.807, 2.05) is 32.0 Å². The molecule has 21 heavy (non-hydrogen) atoms. The Kier molecular flexibility index (Phi) is 5.56. The highest BCUT2D eigenvalue weighted by molar-refractivity contribution is 7.80. The fourth-order valence-electron chi connectivity index (χ4n) is 2.73. The number of benzene rings is 1. The molecule has 1 aromatic carbocycles. The predicted octanol–water partition coefficient (Wildman–Crippen LogP) is 3.24. The summed E-state index contributed by atoms with van der Waals surface area (Å²) in [5.41, 5.74) is 9.24. The topological polar surface area (TPSA) is 62.4 Å². The zero-order chi connectivity index (χ0) is 15.2. The summed E-state index contributed by atoms with van der Waals surface area (Å²) in [5, 5.41) is 6.91. The number of nitrogens with two attached hydrogens (primary N) is 1. The number of nitrogens with zero attached hydrogens (tertiary/aromatic N) is 1. The van der Waals surface area contributed by atoms with Crippen molar-refractivity contribution in [3.8, 4) is 0 Å². The van der Waals surface area contributed by atoms with Gasteiger partial charge >= 0.3 is 0 Å². The number of para-hydroxylation sites is 1. The highest BCUT2D eigenvalue weighted by atomic mass is 32.1. The number of nitrogens with one attached hydrogen (secondary N) is 2. The lowest BCUT2D eigenvalue weighted by molar-refractivity contribution is 0.414. The minimum atomic E-state index is 0.334. The molecular formula is C16H24N4S. The molecule has 0 heterocycles. The lowest BCUT2D eigenvalue weighted by Gasteiger charge is -2.22. The van der Waals surface area contributed by atoms with Crippen molar-refractivity contribution >= 4 is 29.0 Å². The van der Waals surface area contributed by atoms with Gasteiger partial charge in [0.1, 0.15) is 0 Å². The van der Waals surface area contributed by atoms with Crippen LogP contribution in [0.1, 0.15) is 43.2 Å². The summed E-state index contributed by atoms with van der Waals surface area (Å²) < 4.78 is 0. The third-order valence-electron chi connectivity index (χ3n) is 3.89. The van der Waals surface area contributed by atoms with E-state index in [1.165, 1.54) is 32.1 Å². The van der Waals surface area contributed by atoms with Crippen molar-refractivity contribution in [3.05, 3.63) is 29.3 Å². The molecule has 0 atom stereocenters. The number of aryl methyl sites for hydroxylation is 2. The van der Waals surface area contributed by atoms with Crippen molar-refractivity contribution in [2.24, 2.45) is 10.7 Å². The lowest BCUT2D eigenvalue weighted by Crippen LogP contribution is -2.36. The monoisotopic (exact) mass is 304 g/mol. The molecule has 0 saturated heterocycles. The molecular weight excluding hydrogens is 280 g/mol. The van der Waals surface area contributed by atoms with E-state index < -0.39 is 0 Å². The van der Waals surface area contributed by atoms with Crippen LogP contribution in [0, 0.1) is 13.8 Å². The first-order valence-corrected chi connectivity index (χ1v) is 7.95. The van der Waals surface area contributed by atoms with E-state index in [0.29, 0.717) is 17.1 Å². The van der Waals surface area contributed by atoms with E-state index in [0.717, 1.165) is 16.8 Å². The highest BCUT2D eigenvalue weighted by Crippen LogP contribution is 2.19. The minimum Gasteiger partial charge on any atom is -0.369 e. The van der Waals surface area contributed by atoms with Crippen molar-refractivity contribution in [1.29, 1.82) is 0 Å². The van der Waals surface area contributed by atoms with Gasteiger partial charge in [-0.25, -0.2) is 0 Å². The summed E-state index contributed by atoms with van der Waals surface area (Å²) >= 11 is 5.27. The Balaban J connectivity index is 1.95. The molecule has 0 bridgehead atoms.